The highest BCUT2D eigenvalue weighted by atomic mass is 35.5. The molecule has 0 aliphatic rings. The van der Waals surface area contributed by atoms with Crippen molar-refractivity contribution in [3.63, 3.8) is 0 Å². The summed E-state index contributed by atoms with van der Waals surface area (Å²) in [5, 5.41) is 0.489. The van der Waals surface area contributed by atoms with Gasteiger partial charge in [0.15, 0.2) is 0 Å². The molecule has 0 saturated carbocycles. The van der Waals surface area contributed by atoms with E-state index in [2.05, 4.69) is 9.97 Å². The van der Waals surface area contributed by atoms with E-state index in [4.69, 9.17) is 27.9 Å². The third kappa shape index (κ3) is 3.28. The second-order valence-electron chi connectivity index (χ2n) is 4.92. The zero-order chi connectivity index (χ0) is 16.4. The maximum atomic E-state index is 12.2. The van der Waals surface area contributed by atoms with Crippen LogP contribution < -0.4 is 0 Å². The predicted molar refractivity (Wildman–Crippen MR) is 89.9 cm³/mol. The second kappa shape index (κ2) is 6.52. The lowest BCUT2D eigenvalue weighted by Crippen LogP contribution is -2.09. The molecule has 0 fully saturated rings. The smallest absolute Gasteiger partial charge is 0.340 e. The van der Waals surface area contributed by atoms with Crippen LogP contribution in [0, 0.1) is 6.92 Å². The van der Waals surface area contributed by atoms with Crippen molar-refractivity contribution < 1.29 is 9.53 Å². The van der Waals surface area contributed by atoms with Crippen LogP contribution in [0.3, 0.4) is 0 Å². The van der Waals surface area contributed by atoms with E-state index < -0.39 is 5.97 Å². The Morgan fingerprint density at radius 2 is 1.74 bits per heavy atom. The molecular weight excluding hydrogens is 335 g/mol. The number of ether oxygens (including phenoxy) is 1. The number of halogens is 2. The Labute approximate surface area is 143 Å². The van der Waals surface area contributed by atoms with Crippen LogP contribution in [-0.2, 0) is 11.3 Å². The number of rotatable bonds is 3. The minimum Gasteiger partial charge on any atom is -0.455 e. The van der Waals surface area contributed by atoms with Crippen molar-refractivity contribution in [3.8, 4) is 0 Å². The fourth-order valence-corrected chi connectivity index (χ4v) is 2.51. The molecule has 116 valence electrons. The zero-order valence-corrected chi connectivity index (χ0v) is 13.7. The summed E-state index contributed by atoms with van der Waals surface area (Å²) >= 11 is 11.9. The summed E-state index contributed by atoms with van der Waals surface area (Å²) in [5.74, 6) is -0.549. The van der Waals surface area contributed by atoms with Crippen molar-refractivity contribution in [1.82, 2.24) is 9.97 Å². The molecule has 0 aliphatic carbocycles. The average molecular weight is 347 g/mol. The van der Waals surface area contributed by atoms with Crippen LogP contribution in [-0.4, -0.2) is 15.9 Å². The van der Waals surface area contributed by atoms with E-state index in [-0.39, 0.29) is 17.2 Å². The molecule has 1 heterocycles. The normalized spacial score (nSPS) is 10.7. The number of fused-ring (bicyclic) bond motifs is 1. The van der Waals surface area contributed by atoms with E-state index in [9.17, 15) is 4.79 Å². The number of esters is 1. The standard InChI is InChI=1S/C17H12Cl2N2O2/c1-10-15(21-14-8-3-2-7-13(14)20-10)9-23-17(22)11-5-4-6-12(18)16(11)19/h2-8H,9H2,1H3. The Kier molecular flexibility index (Phi) is 4.46. The molecule has 0 aliphatic heterocycles. The number of nitrogens with zero attached hydrogens (tertiary/aromatic N) is 2. The van der Waals surface area contributed by atoms with E-state index in [0.29, 0.717) is 16.4 Å². The van der Waals surface area contributed by atoms with Gasteiger partial charge in [-0.15, -0.1) is 0 Å². The maximum Gasteiger partial charge on any atom is 0.340 e. The first-order chi connectivity index (χ1) is 11.1. The Balaban J connectivity index is 1.81. The molecule has 23 heavy (non-hydrogen) atoms. The second-order valence-corrected chi connectivity index (χ2v) is 5.71. The molecule has 0 radical (unpaired) electrons. The number of carbonyl (C=O) groups is 1. The zero-order valence-electron chi connectivity index (χ0n) is 12.2. The SMILES string of the molecule is Cc1nc2ccccc2nc1COC(=O)c1cccc(Cl)c1Cl. The highest BCUT2D eigenvalue weighted by Gasteiger charge is 2.15. The first-order valence-corrected chi connectivity index (χ1v) is 7.65. The van der Waals surface area contributed by atoms with Crippen LogP contribution in [0.25, 0.3) is 11.0 Å². The molecule has 0 bridgehead atoms. The first-order valence-electron chi connectivity index (χ1n) is 6.89. The lowest BCUT2D eigenvalue weighted by atomic mass is 10.2. The molecule has 0 spiro atoms. The van der Waals surface area contributed by atoms with Crippen LogP contribution >= 0.6 is 23.2 Å². The van der Waals surface area contributed by atoms with Gasteiger partial charge in [-0.25, -0.2) is 14.8 Å². The van der Waals surface area contributed by atoms with Crippen molar-refractivity contribution in [1.29, 1.82) is 0 Å². The van der Waals surface area contributed by atoms with Crippen molar-refractivity contribution in [2.45, 2.75) is 13.5 Å². The van der Waals surface area contributed by atoms with Gasteiger partial charge >= 0.3 is 5.97 Å². The summed E-state index contributed by atoms with van der Waals surface area (Å²) in [6, 6.07) is 12.4. The number of benzene rings is 2. The maximum absolute atomic E-state index is 12.2. The highest BCUT2D eigenvalue weighted by Crippen LogP contribution is 2.26. The van der Waals surface area contributed by atoms with Gasteiger partial charge in [0.2, 0.25) is 0 Å². The van der Waals surface area contributed by atoms with Crippen molar-refractivity contribution in [2.24, 2.45) is 0 Å². The van der Waals surface area contributed by atoms with Gasteiger partial charge in [0, 0.05) is 0 Å². The van der Waals surface area contributed by atoms with Crippen molar-refractivity contribution >= 4 is 40.2 Å². The van der Waals surface area contributed by atoms with Gasteiger partial charge in [0.25, 0.3) is 0 Å². The van der Waals surface area contributed by atoms with E-state index in [1.54, 1.807) is 18.2 Å². The molecule has 4 nitrogen and oxygen atoms in total. The van der Waals surface area contributed by atoms with Crippen LogP contribution in [0.5, 0.6) is 0 Å². The van der Waals surface area contributed by atoms with Crippen LogP contribution in [0.2, 0.25) is 10.0 Å². The van der Waals surface area contributed by atoms with E-state index in [1.165, 1.54) is 0 Å². The van der Waals surface area contributed by atoms with E-state index in [0.717, 1.165) is 11.0 Å². The number of aryl methyl sites for hydroxylation is 1. The van der Waals surface area contributed by atoms with Crippen LogP contribution in [0.15, 0.2) is 42.5 Å². The highest BCUT2D eigenvalue weighted by molar-refractivity contribution is 6.43. The molecule has 2 aromatic carbocycles. The summed E-state index contributed by atoms with van der Waals surface area (Å²) in [6.45, 7) is 1.85. The molecule has 1 aromatic heterocycles. The number of carbonyl (C=O) groups excluding carboxylic acids is 1. The summed E-state index contributed by atoms with van der Waals surface area (Å²) in [7, 11) is 0. The fraction of sp³-hybridized carbons (Fsp3) is 0.118. The molecule has 0 amide bonds. The Morgan fingerprint density at radius 1 is 1.04 bits per heavy atom. The quantitative estimate of drug-likeness (QED) is 0.650. The van der Waals surface area contributed by atoms with Gasteiger partial charge < -0.3 is 4.74 Å². The van der Waals surface area contributed by atoms with Gasteiger partial charge in [-0.05, 0) is 31.2 Å². The largest absolute Gasteiger partial charge is 0.455 e. The van der Waals surface area contributed by atoms with E-state index >= 15 is 0 Å². The van der Waals surface area contributed by atoms with Gasteiger partial charge in [-0.2, -0.15) is 0 Å². The molecule has 6 heteroatoms. The Morgan fingerprint density at radius 3 is 2.48 bits per heavy atom. The minimum atomic E-state index is -0.549. The topological polar surface area (TPSA) is 52.1 Å². The summed E-state index contributed by atoms with van der Waals surface area (Å²) in [5.41, 5.74) is 3.11. The third-order valence-electron chi connectivity index (χ3n) is 3.35. The number of hydrogen-bond acceptors (Lipinski definition) is 4. The number of aromatic nitrogens is 2. The van der Waals surface area contributed by atoms with Gasteiger partial charge in [0.1, 0.15) is 6.61 Å². The van der Waals surface area contributed by atoms with Crippen LogP contribution in [0.1, 0.15) is 21.7 Å². The predicted octanol–water partition coefficient (Wildman–Crippen LogP) is 4.60. The summed E-state index contributed by atoms with van der Waals surface area (Å²) in [6.07, 6.45) is 0. The van der Waals surface area contributed by atoms with Crippen molar-refractivity contribution in [3.05, 3.63) is 69.5 Å². The van der Waals surface area contributed by atoms with Gasteiger partial charge in [0.05, 0.1) is 38.0 Å². The molecule has 0 atom stereocenters. The molecule has 0 N–H and O–H groups in total. The average Bonchev–Trinajstić information content (AvgIpc) is 2.55. The van der Waals surface area contributed by atoms with Crippen molar-refractivity contribution in [2.75, 3.05) is 0 Å². The monoisotopic (exact) mass is 346 g/mol. The Hall–Kier alpha value is -2.17. The first kappa shape index (κ1) is 15.7. The minimum absolute atomic E-state index is 0.0192. The van der Waals surface area contributed by atoms with Crippen LogP contribution in [0.4, 0.5) is 0 Å². The lowest BCUT2D eigenvalue weighted by molar-refractivity contribution is 0.0467. The molecule has 0 saturated heterocycles. The molecule has 3 rings (SSSR count). The molecular formula is C17H12Cl2N2O2. The molecule has 3 aromatic rings. The molecule has 0 unspecified atom stereocenters. The number of para-hydroxylation sites is 2. The third-order valence-corrected chi connectivity index (χ3v) is 4.17. The Bertz CT molecular complexity index is 897. The van der Waals surface area contributed by atoms with Gasteiger partial charge in [-0.3, -0.25) is 0 Å². The fourth-order valence-electron chi connectivity index (χ4n) is 2.13. The summed E-state index contributed by atoms with van der Waals surface area (Å²) < 4.78 is 5.30. The van der Waals surface area contributed by atoms with E-state index in [1.807, 2.05) is 31.2 Å². The summed E-state index contributed by atoms with van der Waals surface area (Å²) in [4.78, 5) is 21.1. The number of hydrogen-bond donors (Lipinski definition) is 0. The van der Waals surface area contributed by atoms with Gasteiger partial charge in [-0.1, -0.05) is 41.4 Å². The lowest BCUT2D eigenvalue weighted by Gasteiger charge is -2.09.